The van der Waals surface area contributed by atoms with Gasteiger partial charge in [-0.05, 0) is 69.1 Å². The number of benzene rings is 1. The lowest BCUT2D eigenvalue weighted by Crippen LogP contribution is -2.82. The average Bonchev–Trinajstić information content (AvgIpc) is 3.11. The standard InChI is InChI=1S/C22H31NO2/c1-22(2)16-20(11-14-25-22)19(15-18-7-4-3-5-8-18)10-12-23-17-21-9-6-13-24-21/h3-9,13,19-20,23H,10-12,14-17H2,1-2H3/p+1/t19-,20-/m0/s1. The van der Waals surface area contributed by atoms with E-state index in [-0.39, 0.29) is 5.60 Å². The van der Waals surface area contributed by atoms with Crippen molar-refractivity contribution >= 4 is 0 Å². The number of nitrogens with two attached hydrogens (primary N) is 1. The van der Waals surface area contributed by atoms with Gasteiger partial charge in [0, 0.05) is 6.61 Å². The molecule has 0 aliphatic carbocycles. The molecule has 1 aromatic heterocycles. The second-order valence-electron chi connectivity index (χ2n) is 7.96. The van der Waals surface area contributed by atoms with E-state index in [4.69, 9.17) is 9.15 Å². The van der Waals surface area contributed by atoms with Gasteiger partial charge in [-0.15, -0.1) is 0 Å². The van der Waals surface area contributed by atoms with Crippen molar-refractivity contribution in [2.75, 3.05) is 13.2 Å². The summed E-state index contributed by atoms with van der Waals surface area (Å²) < 4.78 is 11.4. The van der Waals surface area contributed by atoms with Gasteiger partial charge in [0.05, 0.1) is 18.4 Å². The lowest BCUT2D eigenvalue weighted by molar-refractivity contribution is -0.673. The van der Waals surface area contributed by atoms with Crippen molar-refractivity contribution in [3.8, 4) is 0 Å². The van der Waals surface area contributed by atoms with Crippen LogP contribution in [0.25, 0.3) is 0 Å². The molecule has 1 aliphatic heterocycles. The Balaban J connectivity index is 1.57. The molecular formula is C22H32NO2+. The number of hydrogen-bond donors (Lipinski definition) is 1. The molecule has 136 valence electrons. The molecule has 2 N–H and O–H groups in total. The molecule has 0 radical (unpaired) electrons. The molecule has 2 aromatic rings. The van der Waals surface area contributed by atoms with Crippen molar-refractivity contribution in [2.24, 2.45) is 11.8 Å². The zero-order valence-electron chi connectivity index (χ0n) is 15.6. The predicted octanol–water partition coefficient (Wildman–Crippen LogP) is 3.80. The summed E-state index contributed by atoms with van der Waals surface area (Å²) in [6, 6.07) is 15.0. The Kier molecular flexibility index (Phi) is 6.33. The summed E-state index contributed by atoms with van der Waals surface area (Å²) >= 11 is 0. The zero-order valence-corrected chi connectivity index (χ0v) is 15.6. The Morgan fingerprint density at radius 1 is 1.16 bits per heavy atom. The average molecular weight is 343 g/mol. The molecule has 25 heavy (non-hydrogen) atoms. The Hall–Kier alpha value is -1.58. The van der Waals surface area contributed by atoms with Gasteiger partial charge in [0.1, 0.15) is 6.54 Å². The van der Waals surface area contributed by atoms with E-state index in [0.717, 1.165) is 37.3 Å². The molecule has 1 aliphatic rings. The maximum Gasteiger partial charge on any atom is 0.157 e. The highest BCUT2D eigenvalue weighted by molar-refractivity contribution is 5.15. The third-order valence-electron chi connectivity index (χ3n) is 5.41. The van der Waals surface area contributed by atoms with E-state index in [1.54, 1.807) is 6.26 Å². The monoisotopic (exact) mass is 342 g/mol. The highest BCUT2D eigenvalue weighted by atomic mass is 16.5. The van der Waals surface area contributed by atoms with Crippen LogP contribution < -0.4 is 5.32 Å². The van der Waals surface area contributed by atoms with Gasteiger partial charge in [0.15, 0.2) is 5.76 Å². The minimum atomic E-state index is 0.0235. The van der Waals surface area contributed by atoms with E-state index in [1.807, 2.05) is 6.07 Å². The van der Waals surface area contributed by atoms with Gasteiger partial charge in [-0.25, -0.2) is 0 Å². The molecule has 0 saturated carbocycles. The fourth-order valence-corrected chi connectivity index (χ4v) is 4.11. The number of rotatable bonds is 8. The number of furan rings is 1. The molecular weight excluding hydrogens is 310 g/mol. The van der Waals surface area contributed by atoms with Gasteiger partial charge in [-0.2, -0.15) is 0 Å². The van der Waals surface area contributed by atoms with Crippen molar-refractivity contribution in [1.82, 2.24) is 0 Å². The van der Waals surface area contributed by atoms with Gasteiger partial charge in [0.2, 0.25) is 0 Å². The molecule has 0 spiro atoms. The van der Waals surface area contributed by atoms with E-state index in [2.05, 4.69) is 55.6 Å². The van der Waals surface area contributed by atoms with Crippen LogP contribution in [-0.4, -0.2) is 18.8 Å². The highest BCUT2D eigenvalue weighted by Gasteiger charge is 2.33. The first kappa shape index (κ1) is 18.2. The van der Waals surface area contributed by atoms with Gasteiger partial charge in [0.25, 0.3) is 0 Å². The van der Waals surface area contributed by atoms with Crippen LogP contribution in [0, 0.1) is 11.8 Å². The van der Waals surface area contributed by atoms with E-state index >= 15 is 0 Å². The summed E-state index contributed by atoms with van der Waals surface area (Å²) in [5.74, 6) is 2.53. The third-order valence-corrected chi connectivity index (χ3v) is 5.41. The van der Waals surface area contributed by atoms with Crippen LogP contribution in [0.4, 0.5) is 0 Å². The molecule has 2 heterocycles. The normalized spacial score (nSPS) is 21.1. The van der Waals surface area contributed by atoms with Crippen molar-refractivity contribution in [3.05, 3.63) is 60.1 Å². The molecule has 2 atom stereocenters. The Labute approximate surface area is 151 Å². The van der Waals surface area contributed by atoms with Crippen LogP contribution in [0.5, 0.6) is 0 Å². The Bertz CT molecular complexity index is 606. The minimum absolute atomic E-state index is 0.0235. The molecule has 3 heteroatoms. The van der Waals surface area contributed by atoms with Crippen molar-refractivity contribution in [1.29, 1.82) is 0 Å². The molecule has 3 rings (SSSR count). The Morgan fingerprint density at radius 3 is 2.72 bits per heavy atom. The van der Waals surface area contributed by atoms with E-state index in [1.165, 1.54) is 31.2 Å². The lowest BCUT2D eigenvalue weighted by Gasteiger charge is -2.39. The van der Waals surface area contributed by atoms with Gasteiger partial charge >= 0.3 is 0 Å². The van der Waals surface area contributed by atoms with E-state index < -0.39 is 0 Å². The SMILES string of the molecule is CC1(C)C[C@@H]([C@@H](CC[NH2+]Cc2ccco2)Cc2ccccc2)CCO1. The van der Waals surface area contributed by atoms with E-state index in [9.17, 15) is 0 Å². The second-order valence-corrected chi connectivity index (χ2v) is 7.96. The zero-order chi connectivity index (χ0) is 17.5. The summed E-state index contributed by atoms with van der Waals surface area (Å²) in [5, 5.41) is 2.38. The highest BCUT2D eigenvalue weighted by Crippen LogP contribution is 2.36. The number of ether oxygens (including phenoxy) is 1. The fourth-order valence-electron chi connectivity index (χ4n) is 4.11. The Morgan fingerprint density at radius 2 is 2.00 bits per heavy atom. The van der Waals surface area contributed by atoms with Crippen molar-refractivity contribution < 1.29 is 14.5 Å². The fraction of sp³-hybridized carbons (Fsp3) is 0.545. The smallest absolute Gasteiger partial charge is 0.157 e. The summed E-state index contributed by atoms with van der Waals surface area (Å²) in [6.45, 7) is 7.46. The molecule has 3 nitrogen and oxygen atoms in total. The van der Waals surface area contributed by atoms with Crippen LogP contribution in [0.3, 0.4) is 0 Å². The van der Waals surface area contributed by atoms with E-state index in [0.29, 0.717) is 0 Å². The number of hydrogen-bond acceptors (Lipinski definition) is 2. The van der Waals surface area contributed by atoms with Crippen LogP contribution >= 0.6 is 0 Å². The summed E-state index contributed by atoms with van der Waals surface area (Å²) in [5.41, 5.74) is 1.48. The molecule has 0 bridgehead atoms. The first-order valence-corrected chi connectivity index (χ1v) is 9.64. The van der Waals surface area contributed by atoms with Gasteiger partial charge < -0.3 is 14.5 Å². The second kappa shape index (κ2) is 8.68. The van der Waals surface area contributed by atoms with Crippen molar-refractivity contribution in [2.45, 2.75) is 51.7 Å². The van der Waals surface area contributed by atoms with Crippen LogP contribution in [0.2, 0.25) is 0 Å². The molecule has 0 amide bonds. The third kappa shape index (κ3) is 5.72. The maximum atomic E-state index is 5.95. The topological polar surface area (TPSA) is 39.0 Å². The number of quaternary nitrogens is 1. The molecule has 1 fully saturated rings. The molecule has 0 unspecified atom stereocenters. The summed E-state index contributed by atoms with van der Waals surface area (Å²) in [4.78, 5) is 0. The van der Waals surface area contributed by atoms with Crippen LogP contribution in [-0.2, 0) is 17.7 Å². The van der Waals surface area contributed by atoms with Crippen molar-refractivity contribution in [3.63, 3.8) is 0 Å². The first-order valence-electron chi connectivity index (χ1n) is 9.64. The quantitative estimate of drug-likeness (QED) is 0.741. The molecule has 1 aromatic carbocycles. The minimum Gasteiger partial charge on any atom is -0.463 e. The van der Waals surface area contributed by atoms with Gasteiger partial charge in [-0.1, -0.05) is 30.3 Å². The first-order chi connectivity index (χ1) is 12.1. The largest absolute Gasteiger partial charge is 0.463 e. The summed E-state index contributed by atoms with van der Waals surface area (Å²) in [6.07, 6.45) is 6.54. The summed E-state index contributed by atoms with van der Waals surface area (Å²) in [7, 11) is 0. The lowest BCUT2D eigenvalue weighted by atomic mass is 9.76. The molecule has 1 saturated heterocycles. The van der Waals surface area contributed by atoms with Crippen LogP contribution in [0.15, 0.2) is 53.1 Å². The van der Waals surface area contributed by atoms with Gasteiger partial charge in [-0.3, -0.25) is 0 Å². The predicted molar refractivity (Wildman–Crippen MR) is 100 cm³/mol. The maximum absolute atomic E-state index is 5.95. The van der Waals surface area contributed by atoms with Crippen LogP contribution in [0.1, 0.15) is 44.4 Å².